The van der Waals surface area contributed by atoms with Gasteiger partial charge in [0.15, 0.2) is 6.39 Å². The van der Waals surface area contributed by atoms with Crippen LogP contribution in [0.15, 0.2) is 84.0 Å². The van der Waals surface area contributed by atoms with Crippen LogP contribution in [-0.2, 0) is 26.3 Å². The quantitative estimate of drug-likeness (QED) is 0.0936. The standard InChI is InChI=1S/C41H44ClN5O4/c1-29-33(9-6-10-36(29)37-11-7-12-39(30(37)2)48-16-8-15-47-13-4-5-14-47)27-50-41-19-40(49-26-32-17-31(20-43)21-44-22-32)34(18-38(41)42)24-46(3)25-35-23-45-28-51-35/h6-7,9-12,17-19,21-23,28H,4-5,8,13-16,24-27H2,1-3H3. The zero-order valence-electron chi connectivity index (χ0n) is 29.5. The van der Waals surface area contributed by atoms with Gasteiger partial charge in [-0.25, -0.2) is 4.98 Å². The Balaban J connectivity index is 1.17. The number of oxazole rings is 1. The molecule has 5 aromatic rings. The fraction of sp³-hybridized carbons (Fsp3) is 0.341. The van der Waals surface area contributed by atoms with Crippen LogP contribution < -0.4 is 14.2 Å². The summed E-state index contributed by atoms with van der Waals surface area (Å²) in [5.74, 6) is 2.82. The number of likely N-dealkylation sites (tertiary alicyclic amines) is 1. The summed E-state index contributed by atoms with van der Waals surface area (Å²) >= 11 is 6.85. The summed E-state index contributed by atoms with van der Waals surface area (Å²) in [4.78, 5) is 12.8. The summed E-state index contributed by atoms with van der Waals surface area (Å²) in [6.07, 6.45) is 9.99. The minimum atomic E-state index is 0.226. The maximum atomic E-state index is 9.33. The first-order valence-electron chi connectivity index (χ1n) is 17.4. The van der Waals surface area contributed by atoms with Gasteiger partial charge in [-0.1, -0.05) is 41.9 Å². The molecule has 6 rings (SSSR count). The molecule has 2 aromatic heterocycles. The number of hydrogen-bond donors (Lipinski definition) is 0. The lowest BCUT2D eigenvalue weighted by molar-refractivity contribution is 0.262. The molecule has 3 heterocycles. The Bertz CT molecular complexity index is 1950. The van der Waals surface area contributed by atoms with Crippen LogP contribution in [0.5, 0.6) is 17.2 Å². The van der Waals surface area contributed by atoms with Gasteiger partial charge in [0.1, 0.15) is 42.3 Å². The number of halogens is 1. The molecule has 10 heteroatoms. The first-order valence-corrected chi connectivity index (χ1v) is 17.8. The summed E-state index contributed by atoms with van der Waals surface area (Å²) < 4.78 is 24.4. The van der Waals surface area contributed by atoms with E-state index in [9.17, 15) is 5.26 Å². The smallest absolute Gasteiger partial charge is 0.180 e. The fourth-order valence-corrected chi connectivity index (χ4v) is 6.73. The van der Waals surface area contributed by atoms with Gasteiger partial charge in [-0.3, -0.25) is 9.88 Å². The highest BCUT2D eigenvalue weighted by molar-refractivity contribution is 6.32. The number of benzene rings is 3. The molecular weight excluding hydrogens is 662 g/mol. The summed E-state index contributed by atoms with van der Waals surface area (Å²) in [5, 5.41) is 9.81. The van der Waals surface area contributed by atoms with Crippen molar-refractivity contribution in [3.63, 3.8) is 0 Å². The lowest BCUT2D eigenvalue weighted by atomic mass is 9.93. The Morgan fingerprint density at radius 3 is 2.41 bits per heavy atom. The second-order valence-corrected chi connectivity index (χ2v) is 13.5. The normalized spacial score (nSPS) is 13.0. The SMILES string of the molecule is Cc1c(COc2cc(OCc3cncc(C#N)c3)c(CN(C)Cc3cnco3)cc2Cl)cccc1-c1cccc(OCCCN2CCCC2)c1C. The van der Waals surface area contributed by atoms with Crippen LogP contribution in [0.2, 0.25) is 5.02 Å². The van der Waals surface area contributed by atoms with Gasteiger partial charge in [0.05, 0.1) is 29.9 Å². The highest BCUT2D eigenvalue weighted by Crippen LogP contribution is 2.37. The molecule has 0 spiro atoms. The molecule has 1 saturated heterocycles. The molecule has 0 saturated carbocycles. The lowest BCUT2D eigenvalue weighted by Crippen LogP contribution is -2.22. The molecule has 9 nitrogen and oxygen atoms in total. The Hall–Kier alpha value is -4.88. The van der Waals surface area contributed by atoms with E-state index in [1.165, 1.54) is 38.5 Å². The minimum absolute atomic E-state index is 0.226. The Kier molecular flexibility index (Phi) is 12.2. The van der Waals surface area contributed by atoms with E-state index in [-0.39, 0.29) is 6.61 Å². The summed E-state index contributed by atoms with van der Waals surface area (Å²) in [7, 11) is 1.99. The van der Waals surface area contributed by atoms with E-state index in [4.69, 9.17) is 30.2 Å². The number of nitriles is 1. The third-order valence-corrected chi connectivity index (χ3v) is 9.56. The molecule has 1 aliphatic rings. The van der Waals surface area contributed by atoms with Crippen molar-refractivity contribution in [2.75, 3.05) is 33.3 Å². The van der Waals surface area contributed by atoms with Gasteiger partial charge < -0.3 is 23.5 Å². The number of rotatable bonds is 16. The highest BCUT2D eigenvalue weighted by Gasteiger charge is 2.17. The Labute approximate surface area is 305 Å². The first kappa shape index (κ1) is 35.9. The van der Waals surface area contributed by atoms with E-state index in [0.717, 1.165) is 63.4 Å². The van der Waals surface area contributed by atoms with Crippen molar-refractivity contribution in [3.05, 3.63) is 124 Å². The molecule has 0 amide bonds. The second kappa shape index (κ2) is 17.4. The van der Waals surface area contributed by atoms with Gasteiger partial charge in [0.2, 0.25) is 0 Å². The predicted octanol–water partition coefficient (Wildman–Crippen LogP) is 8.53. The maximum absolute atomic E-state index is 9.33. The molecule has 1 fully saturated rings. The molecule has 0 atom stereocenters. The molecule has 51 heavy (non-hydrogen) atoms. The van der Waals surface area contributed by atoms with Crippen LogP contribution in [-0.4, -0.2) is 53.1 Å². The average Bonchev–Trinajstić information content (AvgIpc) is 3.86. The van der Waals surface area contributed by atoms with E-state index in [2.05, 4.69) is 76.1 Å². The molecule has 0 aliphatic carbocycles. The van der Waals surface area contributed by atoms with Crippen LogP contribution in [0.4, 0.5) is 0 Å². The number of nitrogens with zero attached hydrogens (tertiary/aromatic N) is 5. The molecule has 0 N–H and O–H groups in total. The largest absolute Gasteiger partial charge is 0.493 e. The van der Waals surface area contributed by atoms with E-state index in [1.807, 2.05) is 19.2 Å². The number of aromatic nitrogens is 2. The maximum Gasteiger partial charge on any atom is 0.180 e. The van der Waals surface area contributed by atoms with Gasteiger partial charge in [0.25, 0.3) is 0 Å². The Morgan fingerprint density at radius 1 is 0.843 bits per heavy atom. The van der Waals surface area contributed by atoms with Gasteiger partial charge in [0, 0.05) is 42.7 Å². The lowest BCUT2D eigenvalue weighted by Gasteiger charge is -2.20. The van der Waals surface area contributed by atoms with Crippen LogP contribution in [0.25, 0.3) is 11.1 Å². The third kappa shape index (κ3) is 9.47. The van der Waals surface area contributed by atoms with Crippen molar-refractivity contribution in [1.82, 2.24) is 19.8 Å². The number of pyridine rings is 1. The van der Waals surface area contributed by atoms with Crippen molar-refractivity contribution in [3.8, 4) is 34.4 Å². The van der Waals surface area contributed by atoms with Gasteiger partial charge in [-0.05, 0) is 99.3 Å². The first-order chi connectivity index (χ1) is 24.9. The number of ether oxygens (including phenoxy) is 3. The molecule has 264 valence electrons. The summed E-state index contributed by atoms with van der Waals surface area (Å²) in [5.41, 5.74) is 7.75. The highest BCUT2D eigenvalue weighted by atomic mass is 35.5. The van der Waals surface area contributed by atoms with Crippen LogP contribution >= 0.6 is 11.6 Å². The monoisotopic (exact) mass is 705 g/mol. The van der Waals surface area contributed by atoms with Gasteiger partial charge in [-0.15, -0.1) is 0 Å². The summed E-state index contributed by atoms with van der Waals surface area (Å²) in [6.45, 7) is 10.1. The van der Waals surface area contributed by atoms with E-state index >= 15 is 0 Å². The molecule has 0 radical (unpaired) electrons. The average molecular weight is 706 g/mol. The van der Waals surface area contributed by atoms with Gasteiger partial charge in [-0.2, -0.15) is 5.26 Å². The third-order valence-electron chi connectivity index (χ3n) is 9.26. The minimum Gasteiger partial charge on any atom is -0.493 e. The number of hydrogen-bond acceptors (Lipinski definition) is 9. The molecule has 0 unspecified atom stereocenters. The van der Waals surface area contributed by atoms with Crippen molar-refractivity contribution in [1.29, 1.82) is 5.26 Å². The topological polar surface area (TPSA) is 96.9 Å². The predicted molar refractivity (Wildman–Crippen MR) is 198 cm³/mol. The van der Waals surface area contributed by atoms with Crippen LogP contribution in [0.1, 0.15) is 58.4 Å². The zero-order valence-corrected chi connectivity index (χ0v) is 30.3. The molecular formula is C41H44ClN5O4. The second-order valence-electron chi connectivity index (χ2n) is 13.1. The summed E-state index contributed by atoms with van der Waals surface area (Å²) in [6, 6.07) is 20.2. The van der Waals surface area contributed by atoms with Crippen molar-refractivity contribution in [2.45, 2.75) is 59.4 Å². The van der Waals surface area contributed by atoms with Crippen molar-refractivity contribution >= 4 is 11.6 Å². The van der Waals surface area contributed by atoms with Crippen LogP contribution in [0.3, 0.4) is 0 Å². The molecule has 1 aliphatic heterocycles. The Morgan fingerprint density at radius 2 is 1.63 bits per heavy atom. The van der Waals surface area contributed by atoms with E-state index < -0.39 is 0 Å². The molecule has 3 aromatic carbocycles. The fourth-order valence-electron chi connectivity index (χ4n) is 6.49. The zero-order chi connectivity index (χ0) is 35.6. The van der Waals surface area contributed by atoms with Crippen LogP contribution in [0, 0.1) is 25.2 Å². The van der Waals surface area contributed by atoms with Crippen molar-refractivity contribution < 1.29 is 18.6 Å². The van der Waals surface area contributed by atoms with Crippen molar-refractivity contribution in [2.24, 2.45) is 0 Å². The van der Waals surface area contributed by atoms with E-state index in [0.29, 0.717) is 48.4 Å². The molecule has 0 bridgehead atoms. The van der Waals surface area contributed by atoms with E-state index in [1.54, 1.807) is 18.5 Å². The van der Waals surface area contributed by atoms with Gasteiger partial charge >= 0.3 is 0 Å².